The van der Waals surface area contributed by atoms with E-state index in [1.165, 1.54) is 179 Å². The minimum absolute atomic E-state index is 0. The maximum Gasteiger partial charge on any atom is 1.00 e. The van der Waals surface area contributed by atoms with Crippen molar-refractivity contribution >= 4 is 22.1 Å². The van der Waals surface area contributed by atoms with Crippen LogP contribution in [0.3, 0.4) is 0 Å². The van der Waals surface area contributed by atoms with E-state index in [9.17, 15) is 22.6 Å². The molecule has 1 rings (SSSR count). The Kier molecular flexibility index (Phi) is 42.7. The van der Waals surface area contributed by atoms with Crippen LogP contribution >= 0.6 is 0 Å². The smallest absolute Gasteiger partial charge is 0.744 e. The van der Waals surface area contributed by atoms with E-state index in [0.717, 1.165) is 57.1 Å². The molecule has 0 unspecified atom stereocenters. The van der Waals surface area contributed by atoms with Gasteiger partial charge in [0.15, 0.2) is 0 Å². The fourth-order valence-electron chi connectivity index (χ4n) is 7.76. The number of hydrogen-bond donors (Lipinski definition) is 0. The van der Waals surface area contributed by atoms with E-state index in [-0.39, 0.29) is 53.9 Å². The molecular weight excluding hydrogens is 792 g/mol. The summed E-state index contributed by atoms with van der Waals surface area (Å²) in [7, 11) is -4.82. The third-order valence-electron chi connectivity index (χ3n) is 11.5. The van der Waals surface area contributed by atoms with Gasteiger partial charge >= 0.3 is 41.5 Å². The molecule has 0 N–H and O–H groups in total. The van der Waals surface area contributed by atoms with Crippen molar-refractivity contribution in [2.45, 2.75) is 250 Å². The number of esters is 2. The molecule has 0 radical (unpaired) electrons. The first kappa shape index (κ1) is 59.5. The predicted octanol–water partition coefficient (Wildman–Crippen LogP) is 13.1. The molecule has 0 fully saturated rings. The predicted molar refractivity (Wildman–Crippen MR) is 251 cm³/mol. The van der Waals surface area contributed by atoms with Gasteiger partial charge in [0.2, 0.25) is 0 Å². The van der Waals surface area contributed by atoms with Gasteiger partial charge in [-0.25, -0.2) is 18.0 Å². The van der Waals surface area contributed by atoms with Gasteiger partial charge in [-0.1, -0.05) is 218 Å². The van der Waals surface area contributed by atoms with E-state index in [1.54, 1.807) is 0 Å². The van der Waals surface area contributed by atoms with Gasteiger partial charge in [-0.05, 0) is 69.6 Å². The third kappa shape index (κ3) is 36.6. The monoisotopic (exact) mass is 881 g/mol. The Labute approximate surface area is 397 Å². The molecule has 0 aliphatic heterocycles. The van der Waals surface area contributed by atoms with Gasteiger partial charge in [0.25, 0.3) is 0 Å². The summed E-state index contributed by atoms with van der Waals surface area (Å²) < 4.78 is 46.0. The summed E-state index contributed by atoms with van der Waals surface area (Å²) in [6, 6.07) is 3.16. The van der Waals surface area contributed by atoms with E-state index < -0.39 is 27.0 Å². The zero-order valence-corrected chi connectivity index (χ0v) is 42.5. The summed E-state index contributed by atoms with van der Waals surface area (Å²) in [4.78, 5) is 25.3. The number of rotatable bonds is 43. The largest absolute Gasteiger partial charge is 1.00 e. The zero-order valence-electron chi connectivity index (χ0n) is 39.7. The van der Waals surface area contributed by atoms with Crippen LogP contribution in [-0.4, -0.2) is 38.1 Å². The molecule has 0 aromatic heterocycles. The molecule has 61 heavy (non-hydrogen) atoms. The Morgan fingerprint density at radius 3 is 1.02 bits per heavy atom. The summed E-state index contributed by atoms with van der Waals surface area (Å²) in [6.07, 6.45) is 53.7. The van der Waals surface area contributed by atoms with Crippen LogP contribution in [0.2, 0.25) is 0 Å². The summed E-state index contributed by atoms with van der Waals surface area (Å²) in [5.41, 5.74) is -0.329. The van der Waals surface area contributed by atoms with Crippen molar-refractivity contribution in [3.8, 4) is 0 Å². The van der Waals surface area contributed by atoms with Crippen LogP contribution in [0.1, 0.15) is 266 Å². The first-order valence-electron chi connectivity index (χ1n) is 25.0. The molecule has 0 saturated carbocycles. The average Bonchev–Trinajstić information content (AvgIpc) is 3.24. The molecule has 0 heterocycles. The molecule has 1 aromatic carbocycles. The molecule has 346 valence electrons. The van der Waals surface area contributed by atoms with Gasteiger partial charge in [-0.3, -0.25) is 0 Å². The molecule has 0 aliphatic carbocycles. The van der Waals surface area contributed by atoms with Crippen LogP contribution in [0.4, 0.5) is 0 Å². The van der Waals surface area contributed by atoms with Crippen LogP contribution in [0.5, 0.6) is 0 Å². The fourth-order valence-corrected chi connectivity index (χ4v) is 8.26. The Hall–Kier alpha value is -1.45. The summed E-state index contributed by atoms with van der Waals surface area (Å²) in [5.74, 6) is -1.54. The second-order valence-corrected chi connectivity index (χ2v) is 18.5. The SMILES string of the molecule is CC/C=C/CCCCCCCCCCCCCCCCCCOC(=O)c1ccc(S(=O)(=O)[O-])cc1C(=O)OCCCCCCCCCCCCCCCCCC/C=C/CC.[Na+]. The van der Waals surface area contributed by atoms with E-state index in [4.69, 9.17) is 9.47 Å². The quantitative estimate of drug-likeness (QED) is 0.0211. The zero-order chi connectivity index (χ0) is 43.6. The summed E-state index contributed by atoms with van der Waals surface area (Å²) in [6.45, 7) is 4.75. The maximum absolute atomic E-state index is 13.0. The number of ether oxygens (including phenoxy) is 2. The minimum atomic E-state index is -4.82. The molecule has 1 aromatic rings. The van der Waals surface area contributed by atoms with Gasteiger partial charge in [-0.2, -0.15) is 0 Å². The third-order valence-corrected chi connectivity index (χ3v) is 12.4. The number of benzene rings is 1. The van der Waals surface area contributed by atoms with E-state index in [2.05, 4.69) is 38.2 Å². The fraction of sp³-hybridized carbons (Fsp3) is 0.769. The van der Waals surface area contributed by atoms with E-state index in [1.807, 2.05) is 0 Å². The van der Waals surface area contributed by atoms with Gasteiger partial charge < -0.3 is 14.0 Å². The van der Waals surface area contributed by atoms with Gasteiger partial charge in [0.05, 0.1) is 29.2 Å². The Balaban J connectivity index is 0.0000360. The summed E-state index contributed by atoms with van der Waals surface area (Å²) in [5, 5.41) is 0. The normalized spacial score (nSPS) is 11.7. The van der Waals surface area contributed by atoms with Crippen LogP contribution in [-0.2, 0) is 19.6 Å². The number of hydrogen-bond acceptors (Lipinski definition) is 7. The van der Waals surface area contributed by atoms with Crippen LogP contribution < -0.4 is 29.6 Å². The van der Waals surface area contributed by atoms with Crippen molar-refractivity contribution in [3.05, 3.63) is 53.6 Å². The first-order chi connectivity index (χ1) is 29.3. The van der Waals surface area contributed by atoms with Crippen molar-refractivity contribution < 1.29 is 61.6 Å². The van der Waals surface area contributed by atoms with Gasteiger partial charge in [-0.15, -0.1) is 0 Å². The molecular formula is C52H89NaO7S. The Bertz CT molecular complexity index is 1340. The molecule has 0 saturated heterocycles. The maximum atomic E-state index is 13.0. The second-order valence-electron chi connectivity index (χ2n) is 17.1. The number of carbonyl (C=O) groups is 2. The van der Waals surface area contributed by atoms with Gasteiger partial charge in [0, 0.05) is 0 Å². The molecule has 0 amide bonds. The Morgan fingerprint density at radius 1 is 0.443 bits per heavy atom. The van der Waals surface area contributed by atoms with Crippen LogP contribution in [0.25, 0.3) is 0 Å². The topological polar surface area (TPSA) is 110 Å². The Morgan fingerprint density at radius 2 is 0.721 bits per heavy atom. The molecule has 0 atom stereocenters. The average molecular weight is 881 g/mol. The number of unbranched alkanes of at least 4 members (excludes halogenated alkanes) is 32. The molecule has 9 heteroatoms. The number of allylic oxidation sites excluding steroid dienone is 4. The molecule has 0 bridgehead atoms. The van der Waals surface area contributed by atoms with Crippen molar-refractivity contribution in [1.82, 2.24) is 0 Å². The second kappa shape index (κ2) is 43.8. The van der Waals surface area contributed by atoms with E-state index >= 15 is 0 Å². The van der Waals surface area contributed by atoms with Crippen LogP contribution in [0.15, 0.2) is 47.4 Å². The van der Waals surface area contributed by atoms with Gasteiger partial charge in [0.1, 0.15) is 10.1 Å². The molecule has 7 nitrogen and oxygen atoms in total. The van der Waals surface area contributed by atoms with Crippen LogP contribution in [0, 0.1) is 0 Å². The first-order valence-corrected chi connectivity index (χ1v) is 26.5. The van der Waals surface area contributed by atoms with Crippen molar-refractivity contribution in [2.75, 3.05) is 13.2 Å². The van der Waals surface area contributed by atoms with E-state index in [0.29, 0.717) is 12.8 Å². The standard InChI is InChI=1S/C52H90O7S.Na/c1-3-5-7-9-11-13-15-17-19-21-23-25-27-29-31-33-35-37-39-41-45-58-51(53)49-44-43-48(60(55,56)57)47-50(49)52(54)59-46-42-40-38-36-34-32-30-28-26-24-22-20-18-16-14-12-10-8-6-4-2;/h5-8,43-44,47H,3-4,9-42,45-46H2,1-2H3,(H,55,56,57);/q;+1/p-1/b7-5+,8-6+;. The van der Waals surface area contributed by atoms with Crippen molar-refractivity contribution in [3.63, 3.8) is 0 Å². The minimum Gasteiger partial charge on any atom is -0.744 e. The summed E-state index contributed by atoms with van der Waals surface area (Å²) >= 11 is 0. The molecule has 0 spiro atoms. The number of carbonyl (C=O) groups excluding carboxylic acids is 2. The van der Waals surface area contributed by atoms with Crippen molar-refractivity contribution in [2.24, 2.45) is 0 Å². The molecule has 0 aliphatic rings. The van der Waals surface area contributed by atoms with Crippen molar-refractivity contribution in [1.29, 1.82) is 0 Å².